The van der Waals surface area contributed by atoms with Crippen LogP contribution in [0.25, 0.3) is 0 Å². The van der Waals surface area contributed by atoms with E-state index in [0.29, 0.717) is 0 Å². The molecule has 0 aromatic heterocycles. The highest BCUT2D eigenvalue weighted by molar-refractivity contribution is 5.29. The molecule has 4 atom stereocenters. The molecule has 1 aromatic carbocycles. The van der Waals surface area contributed by atoms with Crippen LogP contribution in [0, 0.1) is 17.8 Å². The predicted octanol–water partition coefficient (Wildman–Crippen LogP) is 6.19. The van der Waals surface area contributed by atoms with E-state index in [1.54, 1.807) is 7.11 Å². The average molecular weight is 300 g/mol. The molecule has 0 heterocycles. The summed E-state index contributed by atoms with van der Waals surface area (Å²) in [5, 5.41) is 0. The molecule has 2 saturated carbocycles. The largest absolute Gasteiger partial charge is 0.497 e. The summed E-state index contributed by atoms with van der Waals surface area (Å²) in [5.41, 5.74) is 1.53. The van der Waals surface area contributed by atoms with Crippen LogP contribution in [-0.2, 0) is 0 Å². The number of fused-ring (bicyclic) bond motifs is 1. The Morgan fingerprint density at radius 2 is 1.68 bits per heavy atom. The van der Waals surface area contributed by atoms with Gasteiger partial charge in [-0.1, -0.05) is 44.7 Å². The minimum absolute atomic E-state index is 0.791. The van der Waals surface area contributed by atoms with Crippen LogP contribution in [0.15, 0.2) is 24.3 Å². The first kappa shape index (κ1) is 15.9. The second-order valence-corrected chi connectivity index (χ2v) is 7.62. The van der Waals surface area contributed by atoms with E-state index in [-0.39, 0.29) is 0 Å². The molecule has 4 unspecified atom stereocenters. The van der Waals surface area contributed by atoms with Crippen molar-refractivity contribution in [1.29, 1.82) is 0 Å². The zero-order valence-electron chi connectivity index (χ0n) is 14.4. The Labute approximate surface area is 136 Å². The Morgan fingerprint density at radius 3 is 2.41 bits per heavy atom. The third kappa shape index (κ3) is 3.67. The molecule has 0 amide bonds. The Balaban J connectivity index is 1.56. The van der Waals surface area contributed by atoms with E-state index >= 15 is 0 Å². The third-order valence-corrected chi connectivity index (χ3v) is 6.27. The van der Waals surface area contributed by atoms with Gasteiger partial charge >= 0.3 is 0 Å². The summed E-state index contributed by atoms with van der Waals surface area (Å²) < 4.78 is 5.29. The second kappa shape index (κ2) is 7.53. The van der Waals surface area contributed by atoms with Crippen LogP contribution in [0.4, 0.5) is 0 Å². The first-order valence-corrected chi connectivity index (χ1v) is 9.44. The molecule has 0 radical (unpaired) electrons. The second-order valence-electron chi connectivity index (χ2n) is 7.62. The normalized spacial score (nSPS) is 31.5. The summed E-state index contributed by atoms with van der Waals surface area (Å²) in [5.74, 6) is 4.84. The summed E-state index contributed by atoms with van der Waals surface area (Å²) in [7, 11) is 1.75. The van der Waals surface area contributed by atoms with E-state index < -0.39 is 0 Å². The molecule has 1 nitrogen and oxygen atoms in total. The van der Waals surface area contributed by atoms with Gasteiger partial charge in [0.05, 0.1) is 7.11 Å². The molecule has 22 heavy (non-hydrogen) atoms. The summed E-state index contributed by atoms with van der Waals surface area (Å²) in [4.78, 5) is 0. The molecule has 2 aliphatic rings. The molecule has 0 aliphatic heterocycles. The van der Waals surface area contributed by atoms with Gasteiger partial charge in [-0.25, -0.2) is 0 Å². The molecular weight excluding hydrogens is 268 g/mol. The van der Waals surface area contributed by atoms with Gasteiger partial charge in [0.15, 0.2) is 0 Å². The Hall–Kier alpha value is -0.980. The van der Waals surface area contributed by atoms with E-state index in [0.717, 1.165) is 29.4 Å². The van der Waals surface area contributed by atoms with Crippen LogP contribution in [-0.4, -0.2) is 7.11 Å². The lowest BCUT2D eigenvalue weighted by Crippen LogP contribution is -2.30. The molecule has 122 valence electrons. The molecule has 0 N–H and O–H groups in total. The molecule has 2 fully saturated rings. The average Bonchev–Trinajstić information content (AvgIpc) is 2.59. The smallest absolute Gasteiger partial charge is 0.118 e. The molecule has 0 spiro atoms. The van der Waals surface area contributed by atoms with Crippen LogP contribution >= 0.6 is 0 Å². The first-order valence-electron chi connectivity index (χ1n) is 9.44. The van der Waals surface area contributed by atoms with E-state index in [1.165, 1.54) is 63.4 Å². The lowest BCUT2D eigenvalue weighted by atomic mass is 9.63. The van der Waals surface area contributed by atoms with Crippen LogP contribution in [0.1, 0.15) is 76.2 Å². The molecule has 0 saturated heterocycles. The van der Waals surface area contributed by atoms with E-state index in [4.69, 9.17) is 4.74 Å². The van der Waals surface area contributed by atoms with Crippen molar-refractivity contribution >= 4 is 0 Å². The van der Waals surface area contributed by atoms with Crippen molar-refractivity contribution in [3.63, 3.8) is 0 Å². The maximum atomic E-state index is 5.29. The molecule has 1 heteroatoms. The minimum Gasteiger partial charge on any atom is -0.497 e. The zero-order chi connectivity index (χ0) is 15.4. The fourth-order valence-corrected chi connectivity index (χ4v) is 4.92. The van der Waals surface area contributed by atoms with E-state index in [1.807, 2.05) is 0 Å². The maximum Gasteiger partial charge on any atom is 0.118 e. The lowest BCUT2D eigenvalue weighted by Gasteiger charge is -2.42. The standard InChI is InChI=1S/C21H32O/c1-3-4-5-16-6-7-20-15-19(9-8-18(20)14-16)17-10-12-21(22-2)13-11-17/h10-13,16,18-20H,3-9,14-15H2,1-2H3. The van der Waals surface area contributed by atoms with Gasteiger partial charge in [-0.3, -0.25) is 0 Å². The predicted molar refractivity (Wildman–Crippen MR) is 93.4 cm³/mol. The molecule has 2 aliphatic carbocycles. The van der Waals surface area contributed by atoms with Gasteiger partial charge in [0.2, 0.25) is 0 Å². The van der Waals surface area contributed by atoms with Crippen molar-refractivity contribution in [2.45, 2.75) is 70.6 Å². The van der Waals surface area contributed by atoms with Gasteiger partial charge in [-0.2, -0.15) is 0 Å². The summed E-state index contributed by atoms with van der Waals surface area (Å²) in [6, 6.07) is 8.83. The van der Waals surface area contributed by atoms with Crippen molar-refractivity contribution in [3.8, 4) is 5.75 Å². The zero-order valence-corrected chi connectivity index (χ0v) is 14.4. The SMILES string of the molecule is CCCCC1CCC2CC(c3ccc(OC)cc3)CCC2C1. The number of methoxy groups -OCH3 is 1. The molecule has 3 rings (SSSR count). The highest BCUT2D eigenvalue weighted by Gasteiger charge is 2.35. The summed E-state index contributed by atoms with van der Waals surface area (Å²) >= 11 is 0. The number of hydrogen-bond donors (Lipinski definition) is 0. The third-order valence-electron chi connectivity index (χ3n) is 6.27. The summed E-state index contributed by atoms with van der Waals surface area (Å²) in [6.07, 6.45) is 13.1. The summed E-state index contributed by atoms with van der Waals surface area (Å²) in [6.45, 7) is 2.33. The van der Waals surface area contributed by atoms with Crippen molar-refractivity contribution < 1.29 is 4.74 Å². The van der Waals surface area contributed by atoms with Crippen LogP contribution in [0.2, 0.25) is 0 Å². The number of ether oxygens (including phenoxy) is 1. The van der Waals surface area contributed by atoms with Crippen molar-refractivity contribution in [2.75, 3.05) is 7.11 Å². The minimum atomic E-state index is 0.791. The molecular formula is C21H32O. The molecule has 1 aromatic rings. The quantitative estimate of drug-likeness (QED) is 0.630. The Bertz CT molecular complexity index is 449. The van der Waals surface area contributed by atoms with Crippen molar-refractivity contribution in [1.82, 2.24) is 0 Å². The van der Waals surface area contributed by atoms with Crippen LogP contribution in [0.5, 0.6) is 5.75 Å². The number of hydrogen-bond acceptors (Lipinski definition) is 1. The molecule has 0 bridgehead atoms. The van der Waals surface area contributed by atoms with Gasteiger partial charge in [-0.05, 0) is 73.5 Å². The number of rotatable bonds is 5. The number of benzene rings is 1. The number of unbranched alkanes of at least 4 members (excludes halogenated alkanes) is 1. The van der Waals surface area contributed by atoms with Gasteiger partial charge in [0.1, 0.15) is 5.75 Å². The van der Waals surface area contributed by atoms with Gasteiger partial charge < -0.3 is 4.74 Å². The van der Waals surface area contributed by atoms with Crippen LogP contribution in [0.3, 0.4) is 0 Å². The van der Waals surface area contributed by atoms with E-state index in [2.05, 4.69) is 31.2 Å². The van der Waals surface area contributed by atoms with Gasteiger partial charge in [0, 0.05) is 0 Å². The fraction of sp³-hybridized carbons (Fsp3) is 0.714. The maximum absolute atomic E-state index is 5.29. The van der Waals surface area contributed by atoms with Crippen molar-refractivity contribution in [3.05, 3.63) is 29.8 Å². The lowest BCUT2D eigenvalue weighted by molar-refractivity contribution is 0.113. The van der Waals surface area contributed by atoms with Crippen molar-refractivity contribution in [2.24, 2.45) is 17.8 Å². The Morgan fingerprint density at radius 1 is 0.955 bits per heavy atom. The fourth-order valence-electron chi connectivity index (χ4n) is 4.92. The van der Waals surface area contributed by atoms with Gasteiger partial charge in [-0.15, -0.1) is 0 Å². The highest BCUT2D eigenvalue weighted by atomic mass is 16.5. The topological polar surface area (TPSA) is 9.23 Å². The monoisotopic (exact) mass is 300 g/mol. The Kier molecular flexibility index (Phi) is 5.44. The van der Waals surface area contributed by atoms with Gasteiger partial charge in [0.25, 0.3) is 0 Å². The highest BCUT2D eigenvalue weighted by Crippen LogP contribution is 2.48. The van der Waals surface area contributed by atoms with Crippen LogP contribution < -0.4 is 4.74 Å². The van der Waals surface area contributed by atoms with E-state index in [9.17, 15) is 0 Å². The first-order chi connectivity index (χ1) is 10.8.